The molecule has 1 rings (SSSR count). The van der Waals surface area contributed by atoms with E-state index in [1.165, 1.54) is 18.2 Å². The molecule has 1 aromatic rings. The Hall–Kier alpha value is -2.41. The van der Waals surface area contributed by atoms with Gasteiger partial charge in [0.15, 0.2) is 0 Å². The zero-order valence-electron chi connectivity index (χ0n) is 10.9. The predicted octanol–water partition coefficient (Wildman–Crippen LogP) is 1.01. The van der Waals surface area contributed by atoms with Crippen LogP contribution in [0.25, 0.3) is 0 Å². The lowest BCUT2D eigenvalue weighted by atomic mass is 10.1. The Morgan fingerprint density at radius 1 is 1.10 bits per heavy atom. The first-order valence-corrected chi connectivity index (χ1v) is 5.70. The Morgan fingerprint density at radius 2 is 1.60 bits per heavy atom. The van der Waals surface area contributed by atoms with Crippen LogP contribution in [-0.2, 0) is 9.53 Å². The van der Waals surface area contributed by atoms with Gasteiger partial charge < -0.3 is 20.1 Å². The number of hydrogen-bond donors (Lipinski definition) is 3. The molecular formula is C13H16O7. The average Bonchev–Trinajstić information content (AvgIpc) is 2.38. The molecule has 0 aliphatic carbocycles. The summed E-state index contributed by atoms with van der Waals surface area (Å²) in [7, 11) is 0. The molecule has 0 amide bonds. The molecule has 110 valence electrons. The molecule has 0 fully saturated rings. The fraction of sp³-hybridized carbons (Fsp3) is 0.308. The van der Waals surface area contributed by atoms with E-state index < -0.39 is 17.9 Å². The van der Waals surface area contributed by atoms with E-state index in [-0.39, 0.29) is 24.3 Å². The summed E-state index contributed by atoms with van der Waals surface area (Å²) in [4.78, 5) is 31.3. The van der Waals surface area contributed by atoms with E-state index in [4.69, 9.17) is 24.9 Å². The van der Waals surface area contributed by atoms with Crippen LogP contribution >= 0.6 is 0 Å². The van der Waals surface area contributed by atoms with Gasteiger partial charge in [-0.1, -0.05) is 12.1 Å². The van der Waals surface area contributed by atoms with Gasteiger partial charge in [-0.15, -0.1) is 0 Å². The van der Waals surface area contributed by atoms with Crippen molar-refractivity contribution < 1.29 is 34.4 Å². The molecule has 0 unspecified atom stereocenters. The Morgan fingerprint density at radius 3 is 2.05 bits per heavy atom. The number of aliphatic carboxylic acids is 1. The number of rotatable bonds is 5. The normalized spacial score (nSPS) is 9.10. The topological polar surface area (TPSA) is 121 Å². The summed E-state index contributed by atoms with van der Waals surface area (Å²) in [5.74, 6) is -2.69. The zero-order chi connectivity index (χ0) is 15.5. The van der Waals surface area contributed by atoms with Gasteiger partial charge in [-0.2, -0.15) is 0 Å². The SMILES string of the molecule is CC(=O)O.O=C(O)c1ccccc1C(=O)OCCCO. The van der Waals surface area contributed by atoms with Crippen molar-refractivity contribution in [1.29, 1.82) is 0 Å². The summed E-state index contributed by atoms with van der Waals surface area (Å²) in [6.07, 6.45) is 0.334. The number of hydrogen-bond acceptors (Lipinski definition) is 5. The maximum Gasteiger partial charge on any atom is 0.339 e. The van der Waals surface area contributed by atoms with Gasteiger partial charge in [-0.05, 0) is 12.1 Å². The first-order chi connectivity index (χ1) is 9.40. The molecule has 0 heterocycles. The molecule has 3 N–H and O–H groups in total. The first-order valence-electron chi connectivity index (χ1n) is 5.70. The van der Waals surface area contributed by atoms with E-state index in [2.05, 4.69) is 0 Å². The summed E-state index contributed by atoms with van der Waals surface area (Å²) in [6.45, 7) is 1.08. The third-order valence-corrected chi connectivity index (χ3v) is 1.91. The average molecular weight is 284 g/mol. The lowest BCUT2D eigenvalue weighted by Crippen LogP contribution is -2.12. The Labute approximate surface area is 115 Å². The number of carbonyl (C=O) groups is 3. The van der Waals surface area contributed by atoms with Gasteiger partial charge in [-0.25, -0.2) is 9.59 Å². The van der Waals surface area contributed by atoms with Crippen LogP contribution in [0.1, 0.15) is 34.1 Å². The van der Waals surface area contributed by atoms with E-state index >= 15 is 0 Å². The van der Waals surface area contributed by atoms with Crippen molar-refractivity contribution in [2.45, 2.75) is 13.3 Å². The zero-order valence-corrected chi connectivity index (χ0v) is 10.9. The Bertz CT molecular complexity index is 464. The van der Waals surface area contributed by atoms with E-state index in [9.17, 15) is 9.59 Å². The van der Waals surface area contributed by atoms with Crippen molar-refractivity contribution >= 4 is 17.9 Å². The molecule has 1 aromatic carbocycles. The summed E-state index contributed by atoms with van der Waals surface area (Å²) in [5, 5.41) is 24.8. The Kier molecular flexibility index (Phi) is 8.36. The highest BCUT2D eigenvalue weighted by molar-refractivity contribution is 6.02. The van der Waals surface area contributed by atoms with Crippen LogP contribution in [0.4, 0.5) is 0 Å². The number of esters is 1. The van der Waals surface area contributed by atoms with Crippen LogP contribution in [0, 0.1) is 0 Å². The van der Waals surface area contributed by atoms with Crippen LogP contribution in [0.3, 0.4) is 0 Å². The van der Waals surface area contributed by atoms with Crippen LogP contribution in [-0.4, -0.2) is 46.4 Å². The fourth-order valence-electron chi connectivity index (χ4n) is 1.15. The molecule has 0 saturated heterocycles. The minimum absolute atomic E-state index is 0.0212. The number of aliphatic hydroxyl groups is 1. The maximum atomic E-state index is 11.5. The molecule has 0 spiro atoms. The van der Waals surface area contributed by atoms with E-state index in [0.29, 0.717) is 6.42 Å². The quantitative estimate of drug-likeness (QED) is 0.545. The number of aromatic carboxylic acids is 1. The van der Waals surface area contributed by atoms with Crippen molar-refractivity contribution in [2.24, 2.45) is 0 Å². The van der Waals surface area contributed by atoms with Crippen molar-refractivity contribution in [1.82, 2.24) is 0 Å². The number of carboxylic acid groups (broad SMARTS) is 2. The van der Waals surface area contributed by atoms with Crippen molar-refractivity contribution in [3.63, 3.8) is 0 Å². The molecule has 0 aromatic heterocycles. The number of benzene rings is 1. The fourth-order valence-corrected chi connectivity index (χ4v) is 1.15. The standard InChI is InChI=1S/C11H12O5.C2H4O2/c12-6-3-7-16-11(15)9-5-2-1-4-8(9)10(13)14;1-2(3)4/h1-2,4-5,12H,3,6-7H2,(H,13,14);1H3,(H,3,4). The second-order valence-corrected chi connectivity index (χ2v) is 3.58. The van der Waals surface area contributed by atoms with Gasteiger partial charge in [0.2, 0.25) is 0 Å². The summed E-state index contributed by atoms with van der Waals surface area (Å²) < 4.78 is 4.80. The molecule has 0 atom stereocenters. The van der Waals surface area contributed by atoms with Crippen molar-refractivity contribution in [2.75, 3.05) is 13.2 Å². The van der Waals surface area contributed by atoms with Gasteiger partial charge in [0.25, 0.3) is 5.97 Å². The van der Waals surface area contributed by atoms with Crippen molar-refractivity contribution in [3.05, 3.63) is 35.4 Å². The van der Waals surface area contributed by atoms with Gasteiger partial charge in [0, 0.05) is 20.0 Å². The third-order valence-electron chi connectivity index (χ3n) is 1.91. The predicted molar refractivity (Wildman–Crippen MR) is 68.7 cm³/mol. The van der Waals surface area contributed by atoms with Crippen LogP contribution < -0.4 is 0 Å². The molecule has 0 aliphatic rings. The molecular weight excluding hydrogens is 268 g/mol. The van der Waals surface area contributed by atoms with Crippen molar-refractivity contribution in [3.8, 4) is 0 Å². The lowest BCUT2D eigenvalue weighted by Gasteiger charge is -2.05. The smallest absolute Gasteiger partial charge is 0.339 e. The highest BCUT2D eigenvalue weighted by atomic mass is 16.5. The molecule has 0 bridgehead atoms. The highest BCUT2D eigenvalue weighted by Gasteiger charge is 2.16. The van der Waals surface area contributed by atoms with Gasteiger partial charge >= 0.3 is 11.9 Å². The van der Waals surface area contributed by atoms with Gasteiger partial charge in [-0.3, -0.25) is 4.79 Å². The molecule has 0 aliphatic heterocycles. The minimum Gasteiger partial charge on any atom is -0.481 e. The van der Waals surface area contributed by atoms with E-state index in [1.54, 1.807) is 6.07 Å². The summed E-state index contributed by atoms with van der Waals surface area (Å²) in [5.41, 5.74) is -0.0653. The third kappa shape index (κ3) is 7.12. The molecule has 7 heteroatoms. The minimum atomic E-state index is -1.17. The van der Waals surface area contributed by atoms with Crippen LogP contribution in [0.2, 0.25) is 0 Å². The molecule has 7 nitrogen and oxygen atoms in total. The molecule has 0 radical (unpaired) electrons. The largest absolute Gasteiger partial charge is 0.481 e. The van der Waals surface area contributed by atoms with E-state index in [0.717, 1.165) is 6.92 Å². The summed E-state index contributed by atoms with van der Waals surface area (Å²) in [6, 6.07) is 5.83. The number of carboxylic acids is 2. The number of carbonyl (C=O) groups excluding carboxylic acids is 1. The maximum absolute atomic E-state index is 11.5. The van der Waals surface area contributed by atoms with E-state index in [1.807, 2.05) is 0 Å². The number of ether oxygens (including phenoxy) is 1. The summed E-state index contributed by atoms with van der Waals surface area (Å²) >= 11 is 0. The Balaban J connectivity index is 0.000000796. The second-order valence-electron chi connectivity index (χ2n) is 3.58. The van der Waals surface area contributed by atoms with Crippen LogP contribution in [0.5, 0.6) is 0 Å². The molecule has 20 heavy (non-hydrogen) atoms. The first kappa shape index (κ1) is 17.6. The number of aliphatic hydroxyl groups excluding tert-OH is 1. The van der Waals surface area contributed by atoms with Gasteiger partial charge in [0.1, 0.15) is 0 Å². The highest BCUT2D eigenvalue weighted by Crippen LogP contribution is 2.10. The molecule has 0 saturated carbocycles. The lowest BCUT2D eigenvalue weighted by molar-refractivity contribution is -0.134. The second kappa shape index (κ2) is 9.51. The monoisotopic (exact) mass is 284 g/mol. The van der Waals surface area contributed by atoms with Gasteiger partial charge in [0.05, 0.1) is 17.7 Å². The van der Waals surface area contributed by atoms with Crippen LogP contribution in [0.15, 0.2) is 24.3 Å².